The first-order valence-corrected chi connectivity index (χ1v) is 8.79. The second-order valence-corrected chi connectivity index (χ2v) is 7.01. The molecule has 0 unspecified atom stereocenters. The highest BCUT2D eigenvalue weighted by molar-refractivity contribution is 7.12. The zero-order valence-corrected chi connectivity index (χ0v) is 14.8. The van der Waals surface area contributed by atoms with E-state index in [2.05, 4.69) is 29.8 Å². The Bertz CT molecular complexity index is 750. The molecule has 3 rings (SSSR count). The van der Waals surface area contributed by atoms with Crippen molar-refractivity contribution in [1.82, 2.24) is 9.47 Å². The summed E-state index contributed by atoms with van der Waals surface area (Å²) in [5, 5.41) is 4.64. The number of aromatic nitrogens is 1. The van der Waals surface area contributed by atoms with Gasteiger partial charge in [0.15, 0.2) is 0 Å². The first kappa shape index (κ1) is 16.6. The van der Waals surface area contributed by atoms with Crippen molar-refractivity contribution in [3.63, 3.8) is 0 Å². The summed E-state index contributed by atoms with van der Waals surface area (Å²) in [6.07, 6.45) is 2.05. The monoisotopic (exact) mass is 347 g/mol. The van der Waals surface area contributed by atoms with Gasteiger partial charge in [-0.15, -0.1) is 11.3 Å². The molecule has 2 aromatic rings. The van der Waals surface area contributed by atoms with Gasteiger partial charge < -0.3 is 19.5 Å². The highest BCUT2D eigenvalue weighted by Crippen LogP contribution is 2.33. The van der Waals surface area contributed by atoms with Crippen LogP contribution < -0.4 is 5.32 Å². The number of nitrogens with zero attached hydrogens (tertiary/aromatic N) is 2. The van der Waals surface area contributed by atoms with Gasteiger partial charge in [0.05, 0.1) is 18.8 Å². The minimum Gasteiger partial charge on any atom is -0.465 e. The zero-order valence-electron chi connectivity index (χ0n) is 14.0. The molecule has 1 N–H and O–H groups in total. The summed E-state index contributed by atoms with van der Waals surface area (Å²) >= 11 is 1.26. The van der Waals surface area contributed by atoms with Crippen LogP contribution in [0.1, 0.15) is 35.3 Å². The van der Waals surface area contributed by atoms with Gasteiger partial charge in [-0.2, -0.15) is 0 Å². The predicted molar refractivity (Wildman–Crippen MR) is 93.4 cm³/mol. The Morgan fingerprint density at radius 3 is 2.83 bits per heavy atom. The number of ether oxygens (including phenoxy) is 1. The first-order valence-electron chi connectivity index (χ1n) is 7.91. The highest BCUT2D eigenvalue weighted by Gasteiger charge is 2.33. The van der Waals surface area contributed by atoms with Crippen LogP contribution in [-0.4, -0.2) is 35.1 Å². The van der Waals surface area contributed by atoms with E-state index in [4.69, 9.17) is 4.74 Å². The number of methoxy groups -OCH3 is 1. The standard InChI is InChI=1S/C17H21N3O3S/c1-11(2)14-13-5-4-7-19(13)8-9-20(14)17(22)18-12-6-10-24-15(12)16(21)23-3/h4-7,10-11,14H,8-9H2,1-3H3,(H,18,22)/t14-/m1/s1. The van der Waals surface area contributed by atoms with Gasteiger partial charge in [0.25, 0.3) is 0 Å². The fourth-order valence-electron chi connectivity index (χ4n) is 3.19. The van der Waals surface area contributed by atoms with Crippen LogP contribution in [0.5, 0.6) is 0 Å². The van der Waals surface area contributed by atoms with Gasteiger partial charge in [0, 0.05) is 25.0 Å². The van der Waals surface area contributed by atoms with Crippen molar-refractivity contribution in [2.75, 3.05) is 19.0 Å². The van der Waals surface area contributed by atoms with E-state index < -0.39 is 5.97 Å². The molecule has 0 aromatic carbocycles. The number of esters is 1. The summed E-state index contributed by atoms with van der Waals surface area (Å²) < 4.78 is 6.95. The summed E-state index contributed by atoms with van der Waals surface area (Å²) in [7, 11) is 1.33. The summed E-state index contributed by atoms with van der Waals surface area (Å²) in [6.45, 7) is 5.62. The molecule has 2 aromatic heterocycles. The molecule has 0 bridgehead atoms. The molecule has 0 fully saturated rings. The minimum atomic E-state index is -0.437. The maximum Gasteiger partial charge on any atom is 0.350 e. The lowest BCUT2D eigenvalue weighted by Gasteiger charge is -2.39. The van der Waals surface area contributed by atoms with Crippen LogP contribution in [0.3, 0.4) is 0 Å². The number of carbonyl (C=O) groups excluding carboxylic acids is 2. The first-order chi connectivity index (χ1) is 11.5. The van der Waals surface area contributed by atoms with E-state index in [1.54, 1.807) is 11.4 Å². The molecule has 7 heteroatoms. The van der Waals surface area contributed by atoms with Gasteiger partial charge in [0.2, 0.25) is 0 Å². The summed E-state index contributed by atoms with van der Waals surface area (Å²) in [4.78, 5) is 26.9. The summed E-state index contributed by atoms with van der Waals surface area (Å²) in [5.74, 6) is -0.152. The number of carbonyl (C=O) groups is 2. The number of rotatable bonds is 3. The fraction of sp³-hybridized carbons (Fsp3) is 0.412. The topological polar surface area (TPSA) is 63.6 Å². The number of amides is 2. The Morgan fingerprint density at radius 1 is 1.33 bits per heavy atom. The van der Waals surface area contributed by atoms with E-state index >= 15 is 0 Å². The Balaban J connectivity index is 1.83. The maximum absolute atomic E-state index is 12.8. The van der Waals surface area contributed by atoms with Crippen LogP contribution in [-0.2, 0) is 11.3 Å². The van der Waals surface area contributed by atoms with Crippen molar-refractivity contribution < 1.29 is 14.3 Å². The molecule has 1 atom stereocenters. The normalized spacial score (nSPS) is 16.8. The van der Waals surface area contributed by atoms with E-state index in [1.165, 1.54) is 18.4 Å². The van der Waals surface area contributed by atoms with Crippen molar-refractivity contribution in [2.45, 2.75) is 26.4 Å². The number of urea groups is 1. The third kappa shape index (κ3) is 2.91. The van der Waals surface area contributed by atoms with E-state index in [0.29, 0.717) is 17.1 Å². The van der Waals surface area contributed by atoms with Crippen LogP contribution >= 0.6 is 11.3 Å². The van der Waals surface area contributed by atoms with Crippen molar-refractivity contribution >= 4 is 29.0 Å². The molecule has 0 saturated heterocycles. The summed E-state index contributed by atoms with van der Waals surface area (Å²) in [6, 6.07) is 5.62. The Labute approximate surface area is 145 Å². The fourth-order valence-corrected chi connectivity index (χ4v) is 3.95. The third-order valence-corrected chi connectivity index (χ3v) is 5.15. The van der Waals surface area contributed by atoms with Gasteiger partial charge in [-0.05, 0) is 29.5 Å². The second kappa shape index (κ2) is 6.68. The SMILES string of the molecule is COC(=O)c1sccc1NC(=O)N1CCn2cccc2[C@H]1C(C)C. The van der Waals surface area contributed by atoms with Crippen molar-refractivity contribution in [3.05, 3.63) is 40.3 Å². The lowest BCUT2D eigenvalue weighted by molar-refractivity contribution is 0.0607. The average Bonchev–Trinajstić information content (AvgIpc) is 3.21. The molecule has 2 amide bonds. The lowest BCUT2D eigenvalue weighted by atomic mass is 9.97. The largest absolute Gasteiger partial charge is 0.465 e. The van der Waals surface area contributed by atoms with Crippen molar-refractivity contribution in [2.24, 2.45) is 5.92 Å². The Kier molecular flexibility index (Phi) is 4.62. The molecule has 6 nitrogen and oxygen atoms in total. The maximum atomic E-state index is 12.8. The molecule has 0 aliphatic carbocycles. The number of hydrogen-bond donors (Lipinski definition) is 1. The van der Waals surface area contributed by atoms with Crippen molar-refractivity contribution in [3.8, 4) is 0 Å². The third-order valence-electron chi connectivity index (χ3n) is 4.26. The molecule has 0 radical (unpaired) electrons. The molecule has 3 heterocycles. The van der Waals surface area contributed by atoms with Crippen LogP contribution in [0.2, 0.25) is 0 Å². The smallest absolute Gasteiger partial charge is 0.350 e. The number of thiophene rings is 1. The number of hydrogen-bond acceptors (Lipinski definition) is 4. The number of nitrogens with one attached hydrogen (secondary N) is 1. The van der Waals surface area contributed by atoms with Gasteiger partial charge >= 0.3 is 12.0 Å². The second-order valence-electron chi connectivity index (χ2n) is 6.09. The Hall–Kier alpha value is -2.28. The van der Waals surface area contributed by atoms with Crippen LogP contribution in [0.15, 0.2) is 29.8 Å². The molecule has 1 aliphatic rings. The van der Waals surface area contributed by atoms with E-state index in [9.17, 15) is 9.59 Å². The number of anilines is 1. The molecular weight excluding hydrogens is 326 g/mol. The van der Waals surface area contributed by atoms with Crippen LogP contribution in [0.4, 0.5) is 10.5 Å². The van der Waals surface area contributed by atoms with Gasteiger partial charge in [-0.1, -0.05) is 13.8 Å². The molecule has 128 valence electrons. The number of fused-ring (bicyclic) bond motifs is 1. The minimum absolute atomic E-state index is 0.00830. The zero-order chi connectivity index (χ0) is 17.3. The summed E-state index contributed by atoms with van der Waals surface area (Å²) in [5.41, 5.74) is 1.64. The molecular formula is C17H21N3O3S. The van der Waals surface area contributed by atoms with Crippen LogP contribution in [0.25, 0.3) is 0 Å². The molecule has 1 aliphatic heterocycles. The lowest BCUT2D eigenvalue weighted by Crippen LogP contribution is -2.45. The highest BCUT2D eigenvalue weighted by atomic mass is 32.1. The van der Waals surface area contributed by atoms with E-state index in [1.807, 2.05) is 17.2 Å². The average molecular weight is 347 g/mol. The Morgan fingerprint density at radius 2 is 2.12 bits per heavy atom. The quantitative estimate of drug-likeness (QED) is 0.863. The predicted octanol–water partition coefficient (Wildman–Crippen LogP) is 3.58. The van der Waals surface area contributed by atoms with E-state index in [0.717, 1.165) is 12.2 Å². The molecule has 24 heavy (non-hydrogen) atoms. The van der Waals surface area contributed by atoms with Gasteiger partial charge in [-0.3, -0.25) is 0 Å². The molecule has 0 saturated carbocycles. The molecule has 0 spiro atoms. The van der Waals surface area contributed by atoms with Gasteiger partial charge in [-0.25, -0.2) is 9.59 Å². The van der Waals surface area contributed by atoms with Crippen molar-refractivity contribution in [1.29, 1.82) is 0 Å². The van der Waals surface area contributed by atoms with Crippen LogP contribution in [0, 0.1) is 5.92 Å². The van der Waals surface area contributed by atoms with E-state index in [-0.39, 0.29) is 18.0 Å². The van der Waals surface area contributed by atoms with Gasteiger partial charge in [0.1, 0.15) is 4.88 Å².